The molecule has 3 rings (SSSR count). The van der Waals surface area contributed by atoms with Crippen molar-refractivity contribution < 1.29 is 0 Å². The molecule has 0 saturated carbocycles. The number of aryl methyl sites for hydroxylation is 1. The van der Waals surface area contributed by atoms with E-state index in [0.717, 1.165) is 24.4 Å². The van der Waals surface area contributed by atoms with Crippen LogP contribution in [0.2, 0.25) is 0 Å². The quantitative estimate of drug-likeness (QED) is 0.864. The summed E-state index contributed by atoms with van der Waals surface area (Å²) in [5, 5.41) is 0. The Morgan fingerprint density at radius 2 is 1.90 bits per heavy atom. The summed E-state index contributed by atoms with van der Waals surface area (Å²) < 4.78 is 0. The Morgan fingerprint density at radius 1 is 1.14 bits per heavy atom. The van der Waals surface area contributed by atoms with Gasteiger partial charge in [0.1, 0.15) is 11.6 Å². The van der Waals surface area contributed by atoms with Gasteiger partial charge in [0.05, 0.1) is 5.69 Å². The summed E-state index contributed by atoms with van der Waals surface area (Å²) in [4.78, 5) is 9.37. The smallest absolute Gasteiger partial charge is 0.138 e. The van der Waals surface area contributed by atoms with E-state index in [-0.39, 0.29) is 11.3 Å². The molecule has 1 heterocycles. The van der Waals surface area contributed by atoms with Crippen LogP contribution in [0, 0.1) is 0 Å². The minimum absolute atomic E-state index is 0.0139. The molecule has 2 aromatic rings. The first-order valence-electron chi connectivity index (χ1n) is 7.68. The molecule has 3 heteroatoms. The first kappa shape index (κ1) is 14.1. The molecule has 0 spiro atoms. The molecule has 110 valence electrons. The number of anilines is 1. The predicted octanol–water partition coefficient (Wildman–Crippen LogP) is 3.82. The van der Waals surface area contributed by atoms with E-state index >= 15 is 0 Å². The van der Waals surface area contributed by atoms with Gasteiger partial charge in [-0.2, -0.15) is 0 Å². The van der Waals surface area contributed by atoms with E-state index in [1.807, 2.05) is 6.07 Å². The molecule has 1 aromatic heterocycles. The Hall–Kier alpha value is -1.90. The van der Waals surface area contributed by atoms with Gasteiger partial charge in [-0.3, -0.25) is 0 Å². The lowest BCUT2D eigenvalue weighted by Crippen LogP contribution is -2.20. The monoisotopic (exact) mass is 281 g/mol. The van der Waals surface area contributed by atoms with Gasteiger partial charge in [0, 0.05) is 17.4 Å². The first-order chi connectivity index (χ1) is 9.95. The van der Waals surface area contributed by atoms with Crippen LogP contribution in [0.4, 0.5) is 5.82 Å². The average molecular weight is 281 g/mol. The molecule has 0 radical (unpaired) electrons. The van der Waals surface area contributed by atoms with Crippen molar-refractivity contribution >= 4 is 5.82 Å². The summed E-state index contributed by atoms with van der Waals surface area (Å²) in [5.41, 5.74) is 9.84. The second kappa shape index (κ2) is 5.14. The van der Waals surface area contributed by atoms with Gasteiger partial charge in [-0.1, -0.05) is 45.0 Å². The highest BCUT2D eigenvalue weighted by Gasteiger charge is 2.26. The zero-order valence-electron chi connectivity index (χ0n) is 13.1. The maximum Gasteiger partial charge on any atom is 0.138 e. The number of nitrogen functional groups attached to an aromatic ring is 1. The molecule has 2 N–H and O–H groups in total. The van der Waals surface area contributed by atoms with Gasteiger partial charge in [-0.15, -0.1) is 0 Å². The second-order valence-corrected chi connectivity index (χ2v) is 6.93. The van der Waals surface area contributed by atoms with Crippen LogP contribution in [0.1, 0.15) is 62.2 Å². The van der Waals surface area contributed by atoms with Crippen molar-refractivity contribution in [2.75, 3.05) is 5.73 Å². The summed E-state index contributed by atoms with van der Waals surface area (Å²) in [7, 11) is 0. The number of rotatable bonds is 1. The highest BCUT2D eigenvalue weighted by molar-refractivity contribution is 5.39. The number of hydrogen-bond donors (Lipinski definition) is 1. The van der Waals surface area contributed by atoms with Crippen molar-refractivity contribution in [1.29, 1.82) is 0 Å². The third kappa shape index (κ3) is 2.78. The van der Waals surface area contributed by atoms with Crippen LogP contribution in [0.15, 0.2) is 30.3 Å². The maximum absolute atomic E-state index is 6.03. The van der Waals surface area contributed by atoms with Gasteiger partial charge in [0.25, 0.3) is 0 Å². The van der Waals surface area contributed by atoms with Crippen LogP contribution < -0.4 is 5.73 Å². The number of hydrogen-bond acceptors (Lipinski definition) is 3. The van der Waals surface area contributed by atoms with Gasteiger partial charge in [-0.05, 0) is 30.4 Å². The summed E-state index contributed by atoms with van der Waals surface area (Å²) >= 11 is 0. The van der Waals surface area contributed by atoms with Crippen LogP contribution >= 0.6 is 0 Å². The van der Waals surface area contributed by atoms with Crippen LogP contribution in [0.5, 0.6) is 0 Å². The third-order valence-electron chi connectivity index (χ3n) is 4.21. The maximum atomic E-state index is 6.03. The molecule has 1 aromatic carbocycles. The molecule has 1 atom stereocenters. The van der Waals surface area contributed by atoms with Crippen molar-refractivity contribution in [3.05, 3.63) is 53.0 Å². The topological polar surface area (TPSA) is 51.8 Å². The van der Waals surface area contributed by atoms with Gasteiger partial charge in [0.2, 0.25) is 0 Å². The molecule has 0 fully saturated rings. The molecule has 1 unspecified atom stereocenters. The van der Waals surface area contributed by atoms with Crippen molar-refractivity contribution in [3.8, 4) is 0 Å². The molecule has 21 heavy (non-hydrogen) atoms. The normalized spacial score (nSPS) is 18.3. The largest absolute Gasteiger partial charge is 0.384 e. The molecular weight excluding hydrogens is 258 g/mol. The first-order valence-corrected chi connectivity index (χ1v) is 7.68. The highest BCUT2D eigenvalue weighted by Crippen LogP contribution is 2.36. The van der Waals surface area contributed by atoms with E-state index in [9.17, 15) is 0 Å². The van der Waals surface area contributed by atoms with Crippen LogP contribution in [0.3, 0.4) is 0 Å². The number of nitrogens with zero attached hydrogens (tertiary/aromatic N) is 2. The van der Waals surface area contributed by atoms with Crippen LogP contribution in [-0.2, 0) is 11.8 Å². The van der Waals surface area contributed by atoms with E-state index in [2.05, 4.69) is 50.0 Å². The minimum Gasteiger partial charge on any atom is -0.384 e. The Kier molecular flexibility index (Phi) is 3.44. The lowest BCUT2D eigenvalue weighted by atomic mass is 9.82. The summed E-state index contributed by atoms with van der Waals surface area (Å²) in [5.74, 6) is 1.74. The number of nitrogens with two attached hydrogens (primary N) is 1. The van der Waals surface area contributed by atoms with Gasteiger partial charge in [0.15, 0.2) is 0 Å². The van der Waals surface area contributed by atoms with Crippen molar-refractivity contribution in [2.45, 2.75) is 51.4 Å². The molecule has 0 aliphatic heterocycles. The molecule has 0 bridgehead atoms. The zero-order valence-corrected chi connectivity index (χ0v) is 13.1. The van der Waals surface area contributed by atoms with Gasteiger partial charge < -0.3 is 5.73 Å². The van der Waals surface area contributed by atoms with E-state index in [4.69, 9.17) is 10.7 Å². The zero-order chi connectivity index (χ0) is 15.0. The fraction of sp³-hybridized carbons (Fsp3) is 0.444. The van der Waals surface area contributed by atoms with E-state index < -0.39 is 0 Å². The summed E-state index contributed by atoms with van der Waals surface area (Å²) in [6.45, 7) is 6.48. The van der Waals surface area contributed by atoms with Gasteiger partial charge in [-0.25, -0.2) is 9.97 Å². The summed E-state index contributed by atoms with van der Waals surface area (Å²) in [6, 6.07) is 10.6. The average Bonchev–Trinajstić information content (AvgIpc) is 2.45. The number of fused-ring (bicyclic) bond motifs is 1. The Balaban J connectivity index is 2.08. The Morgan fingerprint density at radius 3 is 2.67 bits per heavy atom. The van der Waals surface area contributed by atoms with Crippen molar-refractivity contribution in [3.63, 3.8) is 0 Å². The second-order valence-electron chi connectivity index (χ2n) is 6.93. The number of aromatic nitrogens is 2. The molecule has 1 aliphatic rings. The van der Waals surface area contributed by atoms with E-state index in [1.54, 1.807) is 0 Å². The summed E-state index contributed by atoms with van der Waals surface area (Å²) in [6.07, 6.45) is 3.44. The fourth-order valence-corrected chi connectivity index (χ4v) is 3.05. The SMILES string of the molecule is CC(C)(C)c1cc(N)nc(C2CCCc3ccccc32)n1. The minimum atomic E-state index is -0.0139. The standard InChI is InChI=1S/C18H23N3/c1-18(2,3)15-11-16(19)21-17(20-15)14-10-6-8-12-7-4-5-9-13(12)14/h4-5,7,9,11,14H,6,8,10H2,1-3H3,(H2,19,20,21). The van der Waals surface area contributed by atoms with E-state index in [1.165, 1.54) is 17.5 Å². The lowest BCUT2D eigenvalue weighted by molar-refractivity contribution is 0.544. The molecule has 0 amide bonds. The molecule has 3 nitrogen and oxygen atoms in total. The fourth-order valence-electron chi connectivity index (χ4n) is 3.05. The Labute approximate surface area is 126 Å². The van der Waals surface area contributed by atoms with Crippen LogP contribution in [-0.4, -0.2) is 9.97 Å². The van der Waals surface area contributed by atoms with Crippen LogP contribution in [0.25, 0.3) is 0 Å². The molecule has 0 saturated heterocycles. The number of benzene rings is 1. The van der Waals surface area contributed by atoms with Gasteiger partial charge >= 0.3 is 0 Å². The van der Waals surface area contributed by atoms with E-state index in [0.29, 0.717) is 5.82 Å². The predicted molar refractivity (Wildman–Crippen MR) is 86.4 cm³/mol. The van der Waals surface area contributed by atoms with Crippen molar-refractivity contribution in [2.24, 2.45) is 0 Å². The van der Waals surface area contributed by atoms with Crippen molar-refractivity contribution in [1.82, 2.24) is 9.97 Å². The Bertz CT molecular complexity index is 656. The highest BCUT2D eigenvalue weighted by atomic mass is 15.0. The lowest BCUT2D eigenvalue weighted by Gasteiger charge is -2.26. The molecule has 1 aliphatic carbocycles. The third-order valence-corrected chi connectivity index (χ3v) is 4.21. The molecular formula is C18H23N3.